The van der Waals surface area contributed by atoms with E-state index in [0.717, 1.165) is 17.7 Å². The van der Waals surface area contributed by atoms with E-state index in [2.05, 4.69) is 11.9 Å². The number of rotatable bonds is 5. The van der Waals surface area contributed by atoms with Crippen LogP contribution in [0, 0.1) is 22.7 Å². The fraction of sp³-hybridized carbons (Fsp3) is 0.458. The minimum Gasteiger partial charge on any atom is -0.506 e. The Labute approximate surface area is 185 Å². The molecule has 4 aliphatic carbocycles. The molecule has 1 aromatic carbocycles. The van der Waals surface area contributed by atoms with Gasteiger partial charge in [0.1, 0.15) is 17.0 Å². The molecule has 5 rings (SSSR count). The number of aliphatic hydroxyl groups is 1. The van der Waals surface area contributed by atoms with E-state index in [0.29, 0.717) is 19.3 Å². The number of phenols is 2. The molecule has 5 atom stereocenters. The zero-order valence-corrected chi connectivity index (χ0v) is 17.8. The first kappa shape index (κ1) is 22.1. The fourth-order valence-electron chi connectivity index (χ4n) is 6.00. The van der Waals surface area contributed by atoms with Crippen LogP contribution >= 0.6 is 0 Å². The third-order valence-electron chi connectivity index (χ3n) is 7.74. The highest BCUT2D eigenvalue weighted by atomic mass is 16.4. The van der Waals surface area contributed by atoms with E-state index in [1.807, 2.05) is 13.0 Å². The molecule has 0 aliphatic heterocycles. The average Bonchev–Trinajstić information content (AvgIpc) is 2.72. The van der Waals surface area contributed by atoms with Gasteiger partial charge in [0.05, 0.1) is 6.10 Å². The van der Waals surface area contributed by atoms with Crippen molar-refractivity contribution in [2.24, 2.45) is 22.7 Å². The molecule has 0 saturated heterocycles. The number of anilines is 1. The Bertz CT molecular complexity index is 1060. The van der Waals surface area contributed by atoms with Crippen LogP contribution in [-0.4, -0.2) is 44.2 Å². The van der Waals surface area contributed by atoms with Crippen LogP contribution in [0.1, 0.15) is 49.4 Å². The summed E-state index contributed by atoms with van der Waals surface area (Å²) in [7, 11) is 0. The van der Waals surface area contributed by atoms with Crippen molar-refractivity contribution < 1.29 is 34.8 Å². The van der Waals surface area contributed by atoms with Gasteiger partial charge in [-0.25, -0.2) is 4.79 Å². The van der Waals surface area contributed by atoms with E-state index in [-0.39, 0.29) is 41.6 Å². The maximum atomic E-state index is 13.0. The Morgan fingerprint density at radius 1 is 1.28 bits per heavy atom. The second-order valence-electron chi connectivity index (χ2n) is 9.56. The fourth-order valence-corrected chi connectivity index (χ4v) is 6.00. The van der Waals surface area contributed by atoms with Gasteiger partial charge in [0.15, 0.2) is 11.5 Å². The number of allylic oxidation sites excluding steroid dienone is 2. The lowest BCUT2D eigenvalue weighted by atomic mass is 9.44. The number of carboxylic acid groups (broad SMARTS) is 1. The number of benzene rings is 1. The summed E-state index contributed by atoms with van der Waals surface area (Å²) in [6.07, 6.45) is 5.09. The number of fused-ring (bicyclic) bond motifs is 2. The molecule has 1 spiro atoms. The third kappa shape index (κ3) is 3.30. The number of carboxylic acids is 1. The van der Waals surface area contributed by atoms with Gasteiger partial charge in [-0.2, -0.15) is 0 Å². The minimum absolute atomic E-state index is 0.0312. The average molecular weight is 441 g/mol. The Morgan fingerprint density at radius 2 is 2.00 bits per heavy atom. The highest BCUT2D eigenvalue weighted by Gasteiger charge is 2.60. The molecular weight excluding hydrogens is 414 g/mol. The molecule has 2 bridgehead atoms. The number of hydrogen-bond donors (Lipinski definition) is 5. The summed E-state index contributed by atoms with van der Waals surface area (Å²) in [5.41, 5.74) is -0.975. The molecule has 0 heterocycles. The molecule has 3 saturated carbocycles. The first-order valence-corrected chi connectivity index (χ1v) is 10.7. The summed E-state index contributed by atoms with van der Waals surface area (Å²) < 4.78 is 0. The standard InChI is InChI=1S/C24H27NO7/c1-12-10-24-8-5-18(28)23(2,17(24)9-14(12)16(27)11-24)7-6-19(29)25-20-15(26)4-3-13(21(20)30)22(31)32/h3-5,8,14,16-17,26-27,30H,1,6-7,9-11H2,2H3,(H,25,29)(H,31,32)/t14?,16-,17?,23-,24?/m0/s1. The van der Waals surface area contributed by atoms with Gasteiger partial charge in [-0.15, -0.1) is 0 Å². The second-order valence-corrected chi connectivity index (χ2v) is 9.56. The van der Waals surface area contributed by atoms with Gasteiger partial charge < -0.3 is 25.7 Å². The molecule has 1 amide bonds. The highest BCUT2D eigenvalue weighted by Crippen LogP contribution is 2.64. The smallest absolute Gasteiger partial charge is 0.339 e. The number of aromatic carboxylic acids is 1. The van der Waals surface area contributed by atoms with Crippen LogP contribution in [0.15, 0.2) is 36.4 Å². The summed E-state index contributed by atoms with van der Waals surface area (Å²) in [6.45, 7) is 5.98. The van der Waals surface area contributed by atoms with E-state index in [1.165, 1.54) is 0 Å². The molecule has 32 heavy (non-hydrogen) atoms. The summed E-state index contributed by atoms with van der Waals surface area (Å²) in [6, 6.07) is 2.12. The van der Waals surface area contributed by atoms with Crippen LogP contribution in [-0.2, 0) is 9.59 Å². The van der Waals surface area contributed by atoms with Gasteiger partial charge >= 0.3 is 5.97 Å². The Morgan fingerprint density at radius 3 is 2.66 bits per heavy atom. The predicted molar refractivity (Wildman–Crippen MR) is 115 cm³/mol. The topological polar surface area (TPSA) is 144 Å². The molecule has 170 valence electrons. The minimum atomic E-state index is -1.40. The molecule has 3 fully saturated rings. The van der Waals surface area contributed by atoms with Gasteiger partial charge in [-0.3, -0.25) is 9.59 Å². The molecule has 8 heteroatoms. The molecule has 0 aromatic heterocycles. The summed E-state index contributed by atoms with van der Waals surface area (Å²) in [4.78, 5) is 36.8. The monoisotopic (exact) mass is 441 g/mol. The van der Waals surface area contributed by atoms with Crippen molar-refractivity contribution in [3.63, 3.8) is 0 Å². The van der Waals surface area contributed by atoms with Crippen LogP contribution < -0.4 is 5.32 Å². The quantitative estimate of drug-likeness (QED) is 0.349. The number of amides is 1. The summed E-state index contributed by atoms with van der Waals surface area (Å²) in [5.74, 6) is -3.29. The van der Waals surface area contributed by atoms with Crippen LogP contribution in [0.5, 0.6) is 11.5 Å². The number of hydrogen-bond acceptors (Lipinski definition) is 6. The molecule has 3 unspecified atom stereocenters. The third-order valence-corrected chi connectivity index (χ3v) is 7.74. The number of phenolic OH excluding ortho intramolecular Hbond substituents is 1. The van der Waals surface area contributed by atoms with Crippen LogP contribution in [0.25, 0.3) is 0 Å². The van der Waals surface area contributed by atoms with Crippen LogP contribution in [0.4, 0.5) is 5.69 Å². The van der Waals surface area contributed by atoms with E-state index < -0.39 is 40.5 Å². The molecular formula is C24H27NO7. The normalized spacial score (nSPS) is 33.1. The second kappa shape index (κ2) is 7.48. The van der Waals surface area contributed by atoms with Gasteiger partial charge in [-0.05, 0) is 55.2 Å². The van der Waals surface area contributed by atoms with Crippen molar-refractivity contribution >= 4 is 23.3 Å². The number of nitrogens with one attached hydrogen (secondary N) is 1. The molecule has 1 aromatic rings. The number of ketones is 1. The lowest BCUT2D eigenvalue weighted by Crippen LogP contribution is -2.57. The van der Waals surface area contributed by atoms with E-state index in [1.54, 1.807) is 6.08 Å². The summed E-state index contributed by atoms with van der Waals surface area (Å²) >= 11 is 0. The first-order valence-electron chi connectivity index (χ1n) is 10.7. The first-order chi connectivity index (χ1) is 15.0. The van der Waals surface area contributed by atoms with Crippen molar-refractivity contribution in [3.8, 4) is 11.5 Å². The van der Waals surface area contributed by atoms with Crippen molar-refractivity contribution in [1.82, 2.24) is 0 Å². The molecule has 5 N–H and O–H groups in total. The van der Waals surface area contributed by atoms with Gasteiger partial charge in [-0.1, -0.05) is 25.2 Å². The zero-order chi connectivity index (χ0) is 23.4. The van der Waals surface area contributed by atoms with Crippen LogP contribution in [0.3, 0.4) is 0 Å². The lowest BCUT2D eigenvalue weighted by molar-refractivity contribution is -0.142. The maximum absolute atomic E-state index is 13.0. The van der Waals surface area contributed by atoms with Gasteiger partial charge in [0, 0.05) is 17.8 Å². The predicted octanol–water partition coefficient (Wildman–Crippen LogP) is 2.99. The molecule has 4 aliphatic rings. The lowest BCUT2D eigenvalue weighted by Gasteiger charge is -2.60. The summed E-state index contributed by atoms with van der Waals surface area (Å²) in [5, 5.41) is 42.1. The number of aliphatic hydroxyl groups excluding tert-OH is 1. The van der Waals surface area contributed by atoms with Crippen molar-refractivity contribution in [3.05, 3.63) is 42.0 Å². The maximum Gasteiger partial charge on any atom is 0.339 e. The number of carbonyl (C=O) groups excluding carboxylic acids is 2. The Kier molecular flexibility index (Phi) is 5.16. The Balaban J connectivity index is 1.53. The van der Waals surface area contributed by atoms with Crippen molar-refractivity contribution in [2.75, 3.05) is 5.32 Å². The van der Waals surface area contributed by atoms with Gasteiger partial charge in [0.2, 0.25) is 5.91 Å². The van der Waals surface area contributed by atoms with Crippen LogP contribution in [0.2, 0.25) is 0 Å². The van der Waals surface area contributed by atoms with E-state index in [9.17, 15) is 29.7 Å². The SMILES string of the molecule is C=C1CC23C=CC(=O)[C@@](C)(CCC(=O)Nc4c(O)ccc(C(=O)O)c4O)C2CC1[C@@H](O)C3. The highest BCUT2D eigenvalue weighted by molar-refractivity contribution is 6.00. The largest absolute Gasteiger partial charge is 0.506 e. The van der Waals surface area contributed by atoms with E-state index in [4.69, 9.17) is 5.11 Å². The van der Waals surface area contributed by atoms with E-state index >= 15 is 0 Å². The molecule has 8 nitrogen and oxygen atoms in total. The number of carbonyl (C=O) groups is 3. The van der Waals surface area contributed by atoms with Crippen molar-refractivity contribution in [1.29, 1.82) is 0 Å². The number of aromatic hydroxyl groups is 2. The zero-order valence-electron chi connectivity index (χ0n) is 17.8. The van der Waals surface area contributed by atoms with Crippen molar-refractivity contribution in [2.45, 2.75) is 45.1 Å². The van der Waals surface area contributed by atoms with Gasteiger partial charge in [0.25, 0.3) is 0 Å². The molecule has 0 radical (unpaired) electrons. The Hall–Kier alpha value is -3.13.